The molecule has 2 aliphatic rings. The van der Waals surface area contributed by atoms with E-state index < -0.39 is 5.41 Å². The average molecular weight is 926 g/mol. The molecular formula is C68H47NOS. The fourth-order valence-corrected chi connectivity index (χ4v) is 13.7. The predicted molar refractivity (Wildman–Crippen MR) is 297 cm³/mol. The van der Waals surface area contributed by atoms with Crippen LogP contribution in [-0.2, 0) is 10.8 Å². The Balaban J connectivity index is 0.947. The van der Waals surface area contributed by atoms with Gasteiger partial charge in [-0.3, -0.25) is 0 Å². The van der Waals surface area contributed by atoms with Crippen molar-refractivity contribution in [2.24, 2.45) is 0 Å². The predicted octanol–water partition coefficient (Wildman–Crippen LogP) is 18.8. The molecule has 2 heterocycles. The largest absolute Gasteiger partial charge is 0.455 e. The summed E-state index contributed by atoms with van der Waals surface area (Å²) in [4.78, 5) is 5.06. The van der Waals surface area contributed by atoms with Crippen LogP contribution in [0.1, 0.15) is 46.5 Å². The molecule has 0 amide bonds. The maximum absolute atomic E-state index is 6.52. The van der Waals surface area contributed by atoms with Crippen LogP contribution in [0.25, 0.3) is 76.9 Å². The number of hydrogen-bond acceptors (Lipinski definition) is 3. The third-order valence-corrected chi connectivity index (χ3v) is 16.7. The normalized spacial score (nSPS) is 13.7. The van der Waals surface area contributed by atoms with Crippen molar-refractivity contribution in [3.63, 3.8) is 0 Å². The second-order valence-corrected chi connectivity index (χ2v) is 20.5. The Labute approximate surface area is 418 Å². The van der Waals surface area contributed by atoms with Crippen LogP contribution < -0.4 is 4.90 Å². The van der Waals surface area contributed by atoms with Gasteiger partial charge in [-0.1, -0.05) is 220 Å². The highest BCUT2D eigenvalue weighted by Crippen LogP contribution is 2.63. The Kier molecular flexibility index (Phi) is 9.36. The number of hydrogen-bond donors (Lipinski definition) is 0. The van der Waals surface area contributed by atoms with E-state index in [0.29, 0.717) is 0 Å². The van der Waals surface area contributed by atoms with Crippen molar-refractivity contribution in [3.8, 4) is 54.9 Å². The molecule has 336 valence electrons. The van der Waals surface area contributed by atoms with E-state index in [-0.39, 0.29) is 5.41 Å². The van der Waals surface area contributed by atoms with E-state index in [0.717, 1.165) is 50.1 Å². The van der Waals surface area contributed by atoms with E-state index in [4.69, 9.17) is 4.42 Å². The van der Waals surface area contributed by atoms with Gasteiger partial charge >= 0.3 is 0 Å². The summed E-state index contributed by atoms with van der Waals surface area (Å²) in [6.07, 6.45) is 0. The third kappa shape index (κ3) is 6.19. The van der Waals surface area contributed by atoms with Crippen LogP contribution in [0.15, 0.2) is 253 Å². The zero-order valence-corrected chi connectivity index (χ0v) is 40.3. The number of para-hydroxylation sites is 2. The molecule has 0 N–H and O–H groups in total. The van der Waals surface area contributed by atoms with Crippen LogP contribution in [0.2, 0.25) is 0 Å². The smallest absolute Gasteiger partial charge is 0.143 e. The zero-order valence-electron chi connectivity index (χ0n) is 39.4. The van der Waals surface area contributed by atoms with E-state index in [1.165, 1.54) is 76.5 Å². The molecule has 10 aromatic carbocycles. The van der Waals surface area contributed by atoms with Crippen molar-refractivity contribution in [1.29, 1.82) is 0 Å². The summed E-state index contributed by atoms with van der Waals surface area (Å²) in [5.41, 5.74) is 22.2. The van der Waals surface area contributed by atoms with Gasteiger partial charge in [0.05, 0.1) is 5.41 Å². The number of thiophene rings is 1. The van der Waals surface area contributed by atoms with Crippen molar-refractivity contribution in [1.82, 2.24) is 0 Å². The van der Waals surface area contributed by atoms with Gasteiger partial charge in [0.1, 0.15) is 11.2 Å². The summed E-state index contributed by atoms with van der Waals surface area (Å²) in [7, 11) is 0. The van der Waals surface area contributed by atoms with Gasteiger partial charge in [-0.05, 0) is 104 Å². The standard InChI is InChI=1S/C68H47NOS/c1-67(2)58-30-15-12-25-53(58)54-42-41-51(43-60(54)67)69(49-37-33-44(34-38-49)52-28-18-29-56-55-26-14-17-32-61(55)70-64(52)56)50-39-35-45(36-40-50)62-63-57-27-13-16-31-59(57)68(47-21-8-4-9-22-47,48-23-10-5-11-24-48)66(63)71-65(62)46-19-6-3-7-20-46/h3-43H,1-2H3. The molecule has 0 unspecified atom stereocenters. The first-order chi connectivity index (χ1) is 35.0. The average Bonchev–Trinajstić information content (AvgIpc) is 4.16. The first-order valence-corrected chi connectivity index (χ1v) is 25.4. The molecule has 0 fully saturated rings. The van der Waals surface area contributed by atoms with E-state index in [2.05, 4.69) is 261 Å². The second-order valence-electron chi connectivity index (χ2n) is 19.5. The monoisotopic (exact) mass is 925 g/mol. The number of rotatable bonds is 8. The van der Waals surface area contributed by atoms with Gasteiger partial charge < -0.3 is 9.32 Å². The molecule has 0 aliphatic heterocycles. The summed E-state index contributed by atoms with van der Waals surface area (Å²) in [6.45, 7) is 4.72. The van der Waals surface area contributed by atoms with Gasteiger partial charge in [-0.25, -0.2) is 0 Å². The van der Waals surface area contributed by atoms with E-state index in [9.17, 15) is 0 Å². The Bertz CT molecular complexity index is 3960. The molecule has 14 rings (SSSR count). The maximum atomic E-state index is 6.52. The zero-order chi connectivity index (χ0) is 47.3. The first-order valence-electron chi connectivity index (χ1n) is 24.6. The van der Waals surface area contributed by atoms with Gasteiger partial charge in [0.2, 0.25) is 0 Å². The Morgan fingerprint density at radius 2 is 0.915 bits per heavy atom. The molecule has 0 atom stereocenters. The molecule has 0 saturated heterocycles. The molecule has 0 spiro atoms. The van der Waals surface area contributed by atoms with Crippen LogP contribution in [0.4, 0.5) is 17.1 Å². The van der Waals surface area contributed by atoms with E-state index in [1.807, 2.05) is 17.4 Å². The lowest BCUT2D eigenvalue weighted by atomic mass is 9.70. The van der Waals surface area contributed by atoms with Gasteiger partial charge in [0.25, 0.3) is 0 Å². The highest BCUT2D eigenvalue weighted by molar-refractivity contribution is 7.17. The Morgan fingerprint density at radius 1 is 0.380 bits per heavy atom. The molecule has 2 aromatic heterocycles. The molecule has 0 saturated carbocycles. The number of anilines is 3. The third-order valence-electron chi connectivity index (χ3n) is 15.4. The summed E-state index contributed by atoms with van der Waals surface area (Å²) in [5, 5.41) is 2.27. The number of fused-ring (bicyclic) bond motifs is 9. The summed E-state index contributed by atoms with van der Waals surface area (Å²) < 4.78 is 6.52. The van der Waals surface area contributed by atoms with Crippen LogP contribution >= 0.6 is 11.3 Å². The molecule has 71 heavy (non-hydrogen) atoms. The lowest BCUT2D eigenvalue weighted by Crippen LogP contribution is -2.27. The Morgan fingerprint density at radius 3 is 1.62 bits per heavy atom. The van der Waals surface area contributed by atoms with Gasteiger partial charge in [0.15, 0.2) is 0 Å². The SMILES string of the molecule is CC1(C)c2ccccc2-c2ccc(N(c3ccc(-c4c(-c5ccccc5)sc5c4-c4ccccc4C5(c4ccccc4)c4ccccc4)cc3)c3ccc(-c4cccc5c4oc4ccccc45)cc3)cc21. The molecule has 2 aliphatic carbocycles. The highest BCUT2D eigenvalue weighted by atomic mass is 32.1. The molecule has 3 heteroatoms. The van der Waals surface area contributed by atoms with E-state index in [1.54, 1.807) is 0 Å². The van der Waals surface area contributed by atoms with Crippen LogP contribution in [-0.4, -0.2) is 0 Å². The number of nitrogens with zero attached hydrogens (tertiary/aromatic N) is 1. The van der Waals surface area contributed by atoms with Crippen molar-refractivity contribution < 1.29 is 4.42 Å². The lowest BCUT2D eigenvalue weighted by Gasteiger charge is -2.32. The number of furan rings is 1. The lowest BCUT2D eigenvalue weighted by molar-refractivity contribution is 0.660. The quantitative estimate of drug-likeness (QED) is 0.151. The van der Waals surface area contributed by atoms with Gasteiger partial charge in [-0.2, -0.15) is 0 Å². The van der Waals surface area contributed by atoms with E-state index >= 15 is 0 Å². The molecule has 0 bridgehead atoms. The van der Waals surface area contributed by atoms with Crippen molar-refractivity contribution in [2.75, 3.05) is 4.90 Å². The van der Waals surface area contributed by atoms with Crippen LogP contribution in [0.5, 0.6) is 0 Å². The topological polar surface area (TPSA) is 16.4 Å². The molecule has 0 radical (unpaired) electrons. The van der Waals surface area contributed by atoms with Crippen LogP contribution in [0, 0.1) is 0 Å². The first kappa shape index (κ1) is 41.5. The molecule has 2 nitrogen and oxygen atoms in total. The minimum atomic E-state index is -0.485. The maximum Gasteiger partial charge on any atom is 0.143 e. The summed E-state index contributed by atoms with van der Waals surface area (Å²) in [5.74, 6) is 0. The summed E-state index contributed by atoms with van der Waals surface area (Å²) >= 11 is 1.94. The van der Waals surface area contributed by atoms with Gasteiger partial charge in [-0.15, -0.1) is 11.3 Å². The molecule has 12 aromatic rings. The Hall–Kier alpha value is -8.50. The number of benzene rings is 10. The minimum absolute atomic E-state index is 0.148. The van der Waals surface area contributed by atoms with Crippen molar-refractivity contribution in [3.05, 3.63) is 281 Å². The fraction of sp³-hybridized carbons (Fsp3) is 0.0588. The van der Waals surface area contributed by atoms with Gasteiger partial charge in [0, 0.05) is 59.7 Å². The van der Waals surface area contributed by atoms with Crippen molar-refractivity contribution in [2.45, 2.75) is 24.7 Å². The second kappa shape index (κ2) is 16.0. The van der Waals surface area contributed by atoms with Crippen LogP contribution in [0.3, 0.4) is 0 Å². The highest BCUT2D eigenvalue weighted by Gasteiger charge is 2.49. The van der Waals surface area contributed by atoms with Crippen molar-refractivity contribution >= 4 is 50.3 Å². The fourth-order valence-electron chi connectivity index (χ4n) is 12.1. The summed E-state index contributed by atoms with van der Waals surface area (Å²) in [6, 6.07) is 91.5. The minimum Gasteiger partial charge on any atom is -0.455 e. The molecular weight excluding hydrogens is 879 g/mol.